The van der Waals surface area contributed by atoms with E-state index < -0.39 is 18.0 Å². The van der Waals surface area contributed by atoms with Crippen LogP contribution < -0.4 is 24.8 Å². The minimum atomic E-state index is -1.51. The first kappa shape index (κ1) is 24.3. The number of carboxylic acid groups (broad SMARTS) is 1. The number of fused-ring (bicyclic) bond motifs is 1. The Morgan fingerprint density at radius 3 is 2.36 bits per heavy atom. The third-order valence-corrected chi connectivity index (χ3v) is 5.46. The van der Waals surface area contributed by atoms with Gasteiger partial charge in [0.2, 0.25) is 5.75 Å². The van der Waals surface area contributed by atoms with Crippen molar-refractivity contribution in [2.75, 3.05) is 19.5 Å². The fourth-order valence-electron chi connectivity index (χ4n) is 3.89. The summed E-state index contributed by atoms with van der Waals surface area (Å²) in [6, 6.07) is 10.4. The Kier molecular flexibility index (Phi) is 6.86. The summed E-state index contributed by atoms with van der Waals surface area (Å²) in [6.07, 6.45) is 3.39. The van der Waals surface area contributed by atoms with Gasteiger partial charge in [-0.2, -0.15) is 0 Å². The van der Waals surface area contributed by atoms with E-state index in [4.69, 9.17) is 19.3 Å². The molecule has 0 aliphatic heterocycles. The summed E-state index contributed by atoms with van der Waals surface area (Å²) in [5.74, 6) is -0.230. The molecular weight excluding hydrogens is 469 g/mol. The minimum Gasteiger partial charge on any atom is -0.493 e. The van der Waals surface area contributed by atoms with Gasteiger partial charge in [0.15, 0.2) is 11.5 Å². The summed E-state index contributed by atoms with van der Waals surface area (Å²) >= 11 is 0. The van der Waals surface area contributed by atoms with E-state index in [1.807, 2.05) is 0 Å². The summed E-state index contributed by atoms with van der Waals surface area (Å²) in [6.45, 7) is 1.81. The van der Waals surface area contributed by atoms with E-state index in [9.17, 15) is 14.0 Å². The van der Waals surface area contributed by atoms with E-state index in [1.54, 1.807) is 49.5 Å². The molecule has 9 nitrogen and oxygen atoms in total. The van der Waals surface area contributed by atoms with Crippen LogP contribution in [0, 0.1) is 5.82 Å². The summed E-state index contributed by atoms with van der Waals surface area (Å²) in [5, 5.41) is 14.5. The first-order valence-corrected chi connectivity index (χ1v) is 10.7. The number of hydrogen-bond donors (Lipinski definition) is 3. The maximum Gasteiger partial charge on any atom is 0.511 e. The monoisotopic (exact) mass is 491 g/mol. The molecule has 1 aliphatic rings. The molecule has 2 amide bonds. The lowest BCUT2D eigenvalue weighted by molar-refractivity contribution is 0.141. The van der Waals surface area contributed by atoms with Crippen molar-refractivity contribution >= 4 is 35.2 Å². The first-order chi connectivity index (χ1) is 17.3. The Morgan fingerprint density at radius 2 is 1.75 bits per heavy atom. The molecule has 4 rings (SSSR count). The molecule has 0 saturated carbocycles. The Hall–Kier alpha value is -4.86. The largest absolute Gasteiger partial charge is 0.511 e. The molecule has 1 aromatic heterocycles. The molecule has 10 heteroatoms. The predicted molar refractivity (Wildman–Crippen MR) is 131 cm³/mol. The number of amides is 2. The molecule has 1 aliphatic carbocycles. The fourth-order valence-corrected chi connectivity index (χ4v) is 3.89. The van der Waals surface area contributed by atoms with Gasteiger partial charge in [-0.1, -0.05) is 6.07 Å². The van der Waals surface area contributed by atoms with E-state index in [1.165, 1.54) is 32.5 Å². The number of carbonyl (C=O) groups is 2. The molecule has 0 saturated heterocycles. The SMILES string of the molecule is COc1cc(/C=C2/C(C)=C(NC(=O)Nc3cccnc3)c3cc(F)ccc32)cc(OC)c1OC(=O)O. The quantitative estimate of drug-likeness (QED) is 0.312. The molecular formula is C26H22FN3O6. The second-order valence-electron chi connectivity index (χ2n) is 7.69. The molecule has 0 fully saturated rings. The summed E-state index contributed by atoms with van der Waals surface area (Å²) < 4.78 is 29.6. The average molecular weight is 491 g/mol. The number of rotatable bonds is 6. The Balaban J connectivity index is 1.75. The zero-order valence-corrected chi connectivity index (χ0v) is 19.6. The fraction of sp³-hybridized carbons (Fsp3) is 0.115. The molecule has 1 heterocycles. The van der Waals surface area contributed by atoms with Crippen molar-refractivity contribution in [3.8, 4) is 17.2 Å². The molecule has 184 valence electrons. The van der Waals surface area contributed by atoms with Crippen LogP contribution in [0.2, 0.25) is 0 Å². The smallest absolute Gasteiger partial charge is 0.493 e. The highest BCUT2D eigenvalue weighted by Crippen LogP contribution is 2.44. The third kappa shape index (κ3) is 4.97. The number of aromatic nitrogens is 1. The maximum atomic E-state index is 14.2. The lowest BCUT2D eigenvalue weighted by Gasteiger charge is -2.13. The van der Waals surface area contributed by atoms with E-state index >= 15 is 0 Å². The van der Waals surface area contributed by atoms with Crippen LogP contribution >= 0.6 is 0 Å². The zero-order valence-electron chi connectivity index (χ0n) is 19.6. The highest BCUT2D eigenvalue weighted by atomic mass is 19.1. The third-order valence-electron chi connectivity index (χ3n) is 5.46. The van der Waals surface area contributed by atoms with Gasteiger partial charge in [-0.3, -0.25) is 4.98 Å². The van der Waals surface area contributed by atoms with E-state index in [2.05, 4.69) is 15.6 Å². The van der Waals surface area contributed by atoms with Crippen LogP contribution in [0.4, 0.5) is 19.7 Å². The number of allylic oxidation sites excluding steroid dienone is 2. The van der Waals surface area contributed by atoms with Gasteiger partial charge in [0, 0.05) is 11.8 Å². The summed E-state index contributed by atoms with van der Waals surface area (Å²) in [4.78, 5) is 27.7. The van der Waals surface area contributed by atoms with Crippen molar-refractivity contribution in [3.05, 3.63) is 82.9 Å². The molecule has 3 N–H and O–H groups in total. The number of ether oxygens (including phenoxy) is 3. The number of hydrogen-bond acceptors (Lipinski definition) is 6. The van der Waals surface area contributed by atoms with E-state index in [0.29, 0.717) is 33.6 Å². The second-order valence-corrected chi connectivity index (χ2v) is 7.69. The number of methoxy groups -OCH3 is 2. The number of urea groups is 1. The highest BCUT2D eigenvalue weighted by Gasteiger charge is 2.26. The lowest BCUT2D eigenvalue weighted by atomic mass is 10.00. The number of halogens is 1. The predicted octanol–water partition coefficient (Wildman–Crippen LogP) is 5.40. The number of benzene rings is 2. The Morgan fingerprint density at radius 1 is 1.03 bits per heavy atom. The summed E-state index contributed by atoms with van der Waals surface area (Å²) in [7, 11) is 2.75. The first-order valence-electron chi connectivity index (χ1n) is 10.7. The standard InChI is InChI=1S/C26H22FN3O6/c1-14-19(9-15-10-21(34-2)24(36-26(32)33)22(11-15)35-3)18-7-6-16(27)12-20(18)23(14)30-25(31)29-17-5-4-8-28-13-17/h4-13H,1-3H3,(H,32,33)(H2,29,30,31)/b19-9-. The molecule has 0 spiro atoms. The lowest BCUT2D eigenvalue weighted by Crippen LogP contribution is -2.27. The molecule has 0 radical (unpaired) electrons. The van der Waals surface area contributed by atoms with Crippen molar-refractivity contribution in [1.29, 1.82) is 0 Å². The van der Waals surface area contributed by atoms with Gasteiger partial charge in [-0.25, -0.2) is 14.0 Å². The number of anilines is 1. The van der Waals surface area contributed by atoms with Crippen LogP contribution in [-0.2, 0) is 0 Å². The van der Waals surface area contributed by atoms with Gasteiger partial charge in [0.05, 0.1) is 31.8 Å². The van der Waals surface area contributed by atoms with Crippen LogP contribution in [0.5, 0.6) is 17.2 Å². The average Bonchev–Trinajstić information content (AvgIpc) is 3.10. The van der Waals surface area contributed by atoms with Gasteiger partial charge in [0.1, 0.15) is 5.82 Å². The molecule has 36 heavy (non-hydrogen) atoms. The second kappa shape index (κ2) is 10.2. The highest BCUT2D eigenvalue weighted by molar-refractivity contribution is 6.08. The normalized spacial score (nSPS) is 13.3. The van der Waals surface area contributed by atoms with Crippen molar-refractivity contribution in [2.45, 2.75) is 6.92 Å². The number of nitrogens with one attached hydrogen (secondary N) is 2. The molecule has 2 aromatic carbocycles. The van der Waals surface area contributed by atoms with Crippen LogP contribution in [0.3, 0.4) is 0 Å². The number of carbonyl (C=O) groups excluding carboxylic acids is 1. The van der Waals surface area contributed by atoms with Gasteiger partial charge >= 0.3 is 12.2 Å². The van der Waals surface area contributed by atoms with Gasteiger partial charge in [-0.05, 0) is 71.7 Å². The van der Waals surface area contributed by atoms with Crippen LogP contribution in [-0.4, -0.2) is 36.5 Å². The molecule has 0 bridgehead atoms. The summed E-state index contributed by atoms with van der Waals surface area (Å²) in [5.41, 5.74) is 4.19. The van der Waals surface area contributed by atoms with Crippen LogP contribution in [0.25, 0.3) is 17.3 Å². The minimum absolute atomic E-state index is 0.0785. The van der Waals surface area contributed by atoms with Gasteiger partial charge in [0.25, 0.3) is 0 Å². The van der Waals surface area contributed by atoms with Crippen LogP contribution in [0.15, 0.2) is 60.4 Å². The Labute approximate surface area is 205 Å². The van der Waals surface area contributed by atoms with Crippen LogP contribution in [0.1, 0.15) is 23.6 Å². The number of nitrogens with zero attached hydrogens (tertiary/aromatic N) is 1. The van der Waals surface area contributed by atoms with Gasteiger partial charge in [-0.15, -0.1) is 0 Å². The Bertz CT molecular complexity index is 1380. The molecule has 0 unspecified atom stereocenters. The van der Waals surface area contributed by atoms with Crippen molar-refractivity contribution < 1.29 is 33.3 Å². The van der Waals surface area contributed by atoms with Crippen molar-refractivity contribution in [3.63, 3.8) is 0 Å². The maximum absolute atomic E-state index is 14.2. The van der Waals surface area contributed by atoms with Crippen molar-refractivity contribution in [1.82, 2.24) is 10.3 Å². The van der Waals surface area contributed by atoms with E-state index in [0.717, 1.165) is 5.57 Å². The molecule has 0 atom stereocenters. The zero-order chi connectivity index (χ0) is 25.8. The molecule has 3 aromatic rings. The topological polar surface area (TPSA) is 119 Å². The van der Waals surface area contributed by atoms with E-state index in [-0.39, 0.29) is 17.2 Å². The van der Waals surface area contributed by atoms with Crippen molar-refractivity contribution in [2.24, 2.45) is 0 Å². The van der Waals surface area contributed by atoms with Gasteiger partial charge < -0.3 is 30.0 Å². The number of pyridine rings is 1.